The van der Waals surface area contributed by atoms with Gasteiger partial charge in [0.05, 0.1) is 4.90 Å². The molecule has 0 spiro atoms. The van der Waals surface area contributed by atoms with Crippen LogP contribution in [0.3, 0.4) is 0 Å². The van der Waals surface area contributed by atoms with Crippen LogP contribution in [0, 0.1) is 10.7 Å². The molecule has 0 bridgehead atoms. The van der Waals surface area contributed by atoms with E-state index >= 15 is 0 Å². The molecular weight excluding hydrogens is 196 g/mol. The molecule has 0 amide bonds. The molecule has 0 saturated heterocycles. The number of hydrogen-bond acceptors (Lipinski definition) is 2. The van der Waals surface area contributed by atoms with Crippen LogP contribution in [0.25, 0.3) is 0 Å². The lowest BCUT2D eigenvalue weighted by Crippen LogP contribution is -2.13. The quantitative estimate of drug-likeness (QED) is 0.786. The van der Waals surface area contributed by atoms with E-state index in [1.807, 2.05) is 12.1 Å². The summed E-state index contributed by atoms with van der Waals surface area (Å²) in [6, 6.07) is 7.32. The van der Waals surface area contributed by atoms with Crippen molar-refractivity contribution in [2.75, 3.05) is 0 Å². The number of nitrogens with two attached hydrogens (primary N) is 1. The maximum atomic E-state index is 11.5. The Hall–Kier alpha value is -0.870. The van der Waals surface area contributed by atoms with Crippen molar-refractivity contribution in [3.8, 4) is 0 Å². The van der Waals surface area contributed by atoms with E-state index in [1.54, 1.807) is 12.1 Å². The number of rotatable bonds is 3. The predicted octanol–water partition coefficient (Wildman–Crippen LogP) is 1.92. The fraction of sp³-hybridized carbons (Fsp3) is 0.400. The smallest absolute Gasteiger partial charge is 0.132 e. The second kappa shape index (κ2) is 3.37. The van der Waals surface area contributed by atoms with Crippen molar-refractivity contribution in [3.05, 3.63) is 29.8 Å². The molecule has 0 heterocycles. The third-order valence-corrected chi connectivity index (χ3v) is 3.56. The van der Waals surface area contributed by atoms with Crippen molar-refractivity contribution >= 4 is 9.92 Å². The van der Waals surface area contributed by atoms with Crippen LogP contribution in [-0.4, -0.2) is 4.21 Å². The fourth-order valence-corrected chi connectivity index (χ4v) is 2.42. The van der Waals surface area contributed by atoms with Gasteiger partial charge < -0.3 is 0 Å². The lowest BCUT2D eigenvalue weighted by Gasteiger charge is -2.07. The van der Waals surface area contributed by atoms with Gasteiger partial charge >= 0.3 is 0 Å². The Morgan fingerprint density at radius 3 is 2.64 bits per heavy atom. The molecule has 4 heteroatoms. The second-order valence-corrected chi connectivity index (χ2v) is 5.50. The minimum atomic E-state index is -3.05. The zero-order valence-electron chi connectivity index (χ0n) is 7.90. The predicted molar refractivity (Wildman–Crippen MR) is 56.2 cm³/mol. The molecule has 0 aromatic heterocycles. The van der Waals surface area contributed by atoms with Crippen LogP contribution in [-0.2, 0) is 16.3 Å². The van der Waals surface area contributed by atoms with E-state index in [0.717, 1.165) is 17.9 Å². The molecule has 1 aromatic rings. The first-order valence-electron chi connectivity index (χ1n) is 4.72. The van der Waals surface area contributed by atoms with Crippen molar-refractivity contribution in [2.45, 2.75) is 24.2 Å². The van der Waals surface area contributed by atoms with Crippen LogP contribution in [0.1, 0.15) is 18.4 Å². The van der Waals surface area contributed by atoms with Gasteiger partial charge in [-0.15, -0.1) is 0 Å². The second-order valence-electron chi connectivity index (χ2n) is 3.86. The van der Waals surface area contributed by atoms with E-state index in [0.29, 0.717) is 4.90 Å². The molecule has 1 fully saturated rings. The number of hydrogen-bond donors (Lipinski definition) is 2. The van der Waals surface area contributed by atoms with Crippen molar-refractivity contribution in [3.63, 3.8) is 0 Å². The lowest BCUT2D eigenvalue weighted by molar-refractivity contribution is 0.674. The maximum absolute atomic E-state index is 11.5. The summed E-state index contributed by atoms with van der Waals surface area (Å²) in [7, 11) is -3.05. The molecule has 1 saturated carbocycles. The van der Waals surface area contributed by atoms with E-state index in [1.165, 1.54) is 12.8 Å². The third kappa shape index (κ3) is 2.13. The molecule has 1 aliphatic rings. The molecule has 76 valence electrons. The SMILES string of the molecule is N=S(N)(=O)c1ccccc1CC1CC1. The van der Waals surface area contributed by atoms with E-state index in [9.17, 15) is 4.21 Å². The van der Waals surface area contributed by atoms with Crippen LogP contribution >= 0.6 is 0 Å². The van der Waals surface area contributed by atoms with Gasteiger partial charge in [0.2, 0.25) is 0 Å². The highest BCUT2D eigenvalue weighted by Gasteiger charge is 2.23. The lowest BCUT2D eigenvalue weighted by atomic mass is 10.1. The Kier molecular flexibility index (Phi) is 2.33. The summed E-state index contributed by atoms with van der Waals surface area (Å²) in [5.41, 5.74) is 0.984. The first-order valence-corrected chi connectivity index (χ1v) is 6.34. The topological polar surface area (TPSA) is 66.9 Å². The minimum absolute atomic E-state index is 0.506. The van der Waals surface area contributed by atoms with Crippen LogP contribution < -0.4 is 5.14 Å². The monoisotopic (exact) mass is 210 g/mol. The van der Waals surface area contributed by atoms with Crippen molar-refractivity contribution in [1.29, 1.82) is 4.78 Å². The molecule has 3 N–H and O–H groups in total. The molecule has 1 unspecified atom stereocenters. The largest absolute Gasteiger partial charge is 0.241 e. The molecular formula is C10H14N2OS. The van der Waals surface area contributed by atoms with Gasteiger partial charge in [-0.05, 0) is 36.8 Å². The van der Waals surface area contributed by atoms with Gasteiger partial charge in [0.1, 0.15) is 9.92 Å². The minimum Gasteiger partial charge on any atom is -0.241 e. The van der Waals surface area contributed by atoms with E-state index in [-0.39, 0.29) is 0 Å². The summed E-state index contributed by atoms with van der Waals surface area (Å²) in [5, 5.41) is 5.35. The molecule has 0 radical (unpaired) electrons. The Morgan fingerprint density at radius 2 is 2.07 bits per heavy atom. The average Bonchev–Trinajstić information content (AvgIpc) is 2.87. The fourth-order valence-electron chi connectivity index (χ4n) is 1.60. The molecule has 1 aromatic carbocycles. The zero-order valence-corrected chi connectivity index (χ0v) is 8.72. The van der Waals surface area contributed by atoms with Gasteiger partial charge in [-0.2, -0.15) is 0 Å². The van der Waals surface area contributed by atoms with Crippen LogP contribution in [0.4, 0.5) is 0 Å². The molecule has 0 aliphatic heterocycles. The summed E-state index contributed by atoms with van der Waals surface area (Å²) in [5.74, 6) is 0.720. The summed E-state index contributed by atoms with van der Waals surface area (Å²) >= 11 is 0. The van der Waals surface area contributed by atoms with Crippen molar-refractivity contribution < 1.29 is 4.21 Å². The van der Waals surface area contributed by atoms with E-state index in [2.05, 4.69) is 0 Å². The number of benzene rings is 1. The van der Waals surface area contributed by atoms with Gasteiger partial charge in [-0.1, -0.05) is 18.2 Å². The van der Waals surface area contributed by atoms with Crippen molar-refractivity contribution in [1.82, 2.24) is 0 Å². The van der Waals surface area contributed by atoms with Crippen LogP contribution in [0.2, 0.25) is 0 Å². The highest BCUT2D eigenvalue weighted by atomic mass is 32.2. The highest BCUT2D eigenvalue weighted by Crippen LogP contribution is 2.34. The highest BCUT2D eigenvalue weighted by molar-refractivity contribution is 7.90. The molecule has 1 atom stereocenters. The molecule has 14 heavy (non-hydrogen) atoms. The Bertz CT molecular complexity index is 435. The maximum Gasteiger partial charge on any atom is 0.132 e. The molecule has 2 rings (SSSR count). The van der Waals surface area contributed by atoms with Gasteiger partial charge in [0, 0.05) is 0 Å². The average molecular weight is 210 g/mol. The Labute approximate surface area is 84.4 Å². The summed E-state index contributed by atoms with van der Waals surface area (Å²) < 4.78 is 18.8. The van der Waals surface area contributed by atoms with Crippen LogP contribution in [0.15, 0.2) is 29.2 Å². The standard InChI is InChI=1S/C10H14N2OS/c11-14(12,13)10-4-2-1-3-9(10)7-8-5-6-8/h1-4,8H,5-7H2,(H3,11,12,13). The van der Waals surface area contributed by atoms with E-state index in [4.69, 9.17) is 9.92 Å². The first-order chi connectivity index (χ1) is 6.57. The Balaban J connectivity index is 2.37. The van der Waals surface area contributed by atoms with Crippen molar-refractivity contribution in [2.24, 2.45) is 11.1 Å². The first kappa shape index (κ1) is 9.68. The third-order valence-electron chi connectivity index (χ3n) is 2.50. The normalized spacial score (nSPS) is 20.4. The van der Waals surface area contributed by atoms with Gasteiger partial charge in [0.25, 0.3) is 0 Å². The van der Waals surface area contributed by atoms with Gasteiger partial charge in [-0.3, -0.25) is 0 Å². The Morgan fingerprint density at radius 1 is 1.43 bits per heavy atom. The molecule has 1 aliphatic carbocycles. The van der Waals surface area contributed by atoms with Crippen LogP contribution in [0.5, 0.6) is 0 Å². The number of nitrogens with one attached hydrogen (secondary N) is 1. The van der Waals surface area contributed by atoms with Gasteiger partial charge in [-0.25, -0.2) is 14.1 Å². The summed E-state index contributed by atoms with van der Waals surface area (Å²) in [4.78, 5) is 0.506. The molecule has 3 nitrogen and oxygen atoms in total. The zero-order chi connectivity index (χ0) is 10.2. The summed E-state index contributed by atoms with van der Waals surface area (Å²) in [6.07, 6.45) is 3.42. The van der Waals surface area contributed by atoms with E-state index < -0.39 is 9.92 Å². The van der Waals surface area contributed by atoms with Gasteiger partial charge in [0.15, 0.2) is 0 Å². The summed E-state index contributed by atoms with van der Waals surface area (Å²) in [6.45, 7) is 0.